The molecular formula is C8H10BrNO2. The second-order valence-electron chi connectivity index (χ2n) is 2.50. The van der Waals surface area contributed by atoms with Crippen LogP contribution in [0, 0.1) is 0 Å². The zero-order chi connectivity index (χ0) is 9.14. The van der Waals surface area contributed by atoms with Crippen LogP contribution in [0.2, 0.25) is 0 Å². The van der Waals surface area contributed by atoms with Crippen molar-refractivity contribution in [3.63, 3.8) is 0 Å². The molecule has 0 unspecified atom stereocenters. The fourth-order valence-electron chi connectivity index (χ4n) is 0.859. The minimum atomic E-state index is -0.387. The predicted molar refractivity (Wildman–Crippen MR) is 49.8 cm³/mol. The minimum absolute atomic E-state index is 0.1000. The summed E-state index contributed by atoms with van der Waals surface area (Å²) in [4.78, 5) is 0. The molecule has 0 radical (unpaired) electrons. The Balaban J connectivity index is 2.96. The summed E-state index contributed by atoms with van der Waals surface area (Å²) in [5.74, 6) is 0.170. The highest BCUT2D eigenvalue weighted by Crippen LogP contribution is 2.26. The standard InChI is InChI=1S/C8H10BrNO2/c9-6-3-5(7(10)4-11)1-2-8(6)12/h1-3,7,11-12H,4,10H2/t7-/m0/s1. The Labute approximate surface area is 79.0 Å². The van der Waals surface area contributed by atoms with Crippen LogP contribution in [0.1, 0.15) is 11.6 Å². The predicted octanol–water partition coefficient (Wildman–Crippen LogP) is 1.15. The van der Waals surface area contributed by atoms with E-state index in [2.05, 4.69) is 15.9 Å². The first-order chi connectivity index (χ1) is 5.65. The monoisotopic (exact) mass is 231 g/mol. The minimum Gasteiger partial charge on any atom is -0.507 e. The van der Waals surface area contributed by atoms with Crippen molar-refractivity contribution in [2.45, 2.75) is 6.04 Å². The summed E-state index contributed by atoms with van der Waals surface area (Å²) < 4.78 is 0.587. The molecule has 1 aromatic carbocycles. The number of aromatic hydroxyl groups is 1. The normalized spacial score (nSPS) is 12.9. The van der Waals surface area contributed by atoms with E-state index in [1.54, 1.807) is 12.1 Å². The van der Waals surface area contributed by atoms with Gasteiger partial charge in [0.2, 0.25) is 0 Å². The van der Waals surface area contributed by atoms with E-state index in [9.17, 15) is 0 Å². The lowest BCUT2D eigenvalue weighted by atomic mass is 10.1. The number of hydrogen-bond donors (Lipinski definition) is 3. The van der Waals surface area contributed by atoms with Gasteiger partial charge in [-0.1, -0.05) is 6.07 Å². The zero-order valence-corrected chi connectivity index (χ0v) is 7.95. The quantitative estimate of drug-likeness (QED) is 0.716. The fourth-order valence-corrected chi connectivity index (χ4v) is 1.26. The Bertz CT molecular complexity index is 278. The summed E-state index contributed by atoms with van der Waals surface area (Å²) in [6, 6.07) is 4.52. The topological polar surface area (TPSA) is 66.5 Å². The number of halogens is 1. The lowest BCUT2D eigenvalue weighted by molar-refractivity contribution is 0.268. The van der Waals surface area contributed by atoms with Crippen molar-refractivity contribution in [3.05, 3.63) is 28.2 Å². The smallest absolute Gasteiger partial charge is 0.129 e. The molecule has 0 aliphatic rings. The number of aliphatic hydroxyl groups is 1. The van der Waals surface area contributed by atoms with E-state index in [1.165, 1.54) is 6.07 Å². The van der Waals surface area contributed by atoms with E-state index < -0.39 is 0 Å². The van der Waals surface area contributed by atoms with Crippen molar-refractivity contribution in [1.29, 1.82) is 0 Å². The molecule has 1 rings (SSSR count). The van der Waals surface area contributed by atoms with Crippen LogP contribution >= 0.6 is 15.9 Å². The number of hydrogen-bond acceptors (Lipinski definition) is 3. The number of phenolic OH excluding ortho intramolecular Hbond substituents is 1. The first-order valence-corrected chi connectivity index (χ1v) is 4.29. The third-order valence-corrected chi connectivity index (χ3v) is 2.23. The molecule has 0 aliphatic carbocycles. The molecule has 0 amide bonds. The summed E-state index contributed by atoms with van der Waals surface area (Å²) in [5.41, 5.74) is 6.35. The Morgan fingerprint density at radius 1 is 1.50 bits per heavy atom. The van der Waals surface area contributed by atoms with Crippen LogP contribution in [0.4, 0.5) is 0 Å². The third kappa shape index (κ3) is 1.97. The number of aliphatic hydroxyl groups excluding tert-OH is 1. The molecule has 0 saturated heterocycles. The van der Waals surface area contributed by atoms with Crippen LogP contribution in [-0.4, -0.2) is 16.8 Å². The molecule has 3 nitrogen and oxygen atoms in total. The van der Waals surface area contributed by atoms with Gasteiger partial charge in [-0.2, -0.15) is 0 Å². The Hall–Kier alpha value is -0.580. The largest absolute Gasteiger partial charge is 0.507 e. The van der Waals surface area contributed by atoms with Gasteiger partial charge >= 0.3 is 0 Å². The van der Waals surface area contributed by atoms with Gasteiger partial charge in [0.1, 0.15) is 5.75 Å². The highest BCUT2D eigenvalue weighted by Gasteiger charge is 2.05. The highest BCUT2D eigenvalue weighted by molar-refractivity contribution is 9.10. The maximum Gasteiger partial charge on any atom is 0.129 e. The molecule has 66 valence electrons. The molecule has 12 heavy (non-hydrogen) atoms. The first kappa shape index (κ1) is 9.51. The zero-order valence-electron chi connectivity index (χ0n) is 6.37. The molecule has 1 aromatic rings. The van der Waals surface area contributed by atoms with Crippen molar-refractivity contribution in [1.82, 2.24) is 0 Å². The Kier molecular flexibility index (Phi) is 3.08. The Morgan fingerprint density at radius 2 is 2.17 bits per heavy atom. The third-order valence-electron chi connectivity index (χ3n) is 1.60. The van der Waals surface area contributed by atoms with Crippen molar-refractivity contribution in [2.75, 3.05) is 6.61 Å². The maximum atomic E-state index is 9.15. The molecule has 4 N–H and O–H groups in total. The van der Waals surface area contributed by atoms with Gasteiger partial charge in [0.25, 0.3) is 0 Å². The molecule has 0 aromatic heterocycles. The van der Waals surface area contributed by atoms with Crippen molar-refractivity contribution in [2.24, 2.45) is 5.73 Å². The molecule has 0 spiro atoms. The second kappa shape index (κ2) is 3.89. The SMILES string of the molecule is N[C@@H](CO)c1ccc(O)c(Br)c1. The molecule has 0 saturated carbocycles. The number of benzene rings is 1. The molecule has 0 fully saturated rings. The van der Waals surface area contributed by atoms with E-state index in [0.717, 1.165) is 5.56 Å². The van der Waals surface area contributed by atoms with Gasteiger partial charge < -0.3 is 15.9 Å². The van der Waals surface area contributed by atoms with E-state index >= 15 is 0 Å². The highest BCUT2D eigenvalue weighted by atomic mass is 79.9. The molecule has 1 atom stereocenters. The van der Waals surface area contributed by atoms with Crippen molar-refractivity contribution >= 4 is 15.9 Å². The van der Waals surface area contributed by atoms with Gasteiger partial charge in [-0.15, -0.1) is 0 Å². The van der Waals surface area contributed by atoms with Gasteiger partial charge in [-0.05, 0) is 33.6 Å². The fraction of sp³-hybridized carbons (Fsp3) is 0.250. The second-order valence-corrected chi connectivity index (χ2v) is 3.35. The van der Waals surface area contributed by atoms with Crippen molar-refractivity contribution < 1.29 is 10.2 Å². The van der Waals surface area contributed by atoms with E-state index in [-0.39, 0.29) is 18.4 Å². The summed E-state index contributed by atoms with van der Waals surface area (Å²) in [7, 11) is 0. The van der Waals surface area contributed by atoms with Crippen LogP contribution in [-0.2, 0) is 0 Å². The van der Waals surface area contributed by atoms with Crippen LogP contribution in [0.3, 0.4) is 0 Å². The first-order valence-electron chi connectivity index (χ1n) is 3.50. The average Bonchev–Trinajstić information content (AvgIpc) is 2.08. The summed E-state index contributed by atoms with van der Waals surface area (Å²) in [6.07, 6.45) is 0. The number of phenols is 1. The lowest BCUT2D eigenvalue weighted by Gasteiger charge is -2.08. The van der Waals surface area contributed by atoms with Gasteiger partial charge in [-0.25, -0.2) is 0 Å². The summed E-state index contributed by atoms with van der Waals surface area (Å²) in [6.45, 7) is -0.1000. The average molecular weight is 232 g/mol. The van der Waals surface area contributed by atoms with Crippen molar-refractivity contribution in [3.8, 4) is 5.75 Å². The van der Waals surface area contributed by atoms with Crippen LogP contribution in [0.15, 0.2) is 22.7 Å². The van der Waals surface area contributed by atoms with Gasteiger partial charge in [0, 0.05) is 0 Å². The molecule has 0 aliphatic heterocycles. The van der Waals surface area contributed by atoms with E-state index in [1.807, 2.05) is 0 Å². The van der Waals surface area contributed by atoms with Gasteiger partial charge in [0.15, 0.2) is 0 Å². The Morgan fingerprint density at radius 3 is 2.67 bits per heavy atom. The number of nitrogens with two attached hydrogens (primary N) is 1. The molecular weight excluding hydrogens is 222 g/mol. The lowest BCUT2D eigenvalue weighted by Crippen LogP contribution is -2.14. The van der Waals surface area contributed by atoms with E-state index in [4.69, 9.17) is 15.9 Å². The molecule has 4 heteroatoms. The van der Waals surface area contributed by atoms with Crippen LogP contribution < -0.4 is 5.73 Å². The summed E-state index contributed by atoms with van der Waals surface area (Å²) in [5, 5.41) is 17.9. The van der Waals surface area contributed by atoms with Crippen LogP contribution in [0.5, 0.6) is 5.75 Å². The summed E-state index contributed by atoms with van der Waals surface area (Å²) >= 11 is 3.16. The molecule has 0 bridgehead atoms. The number of rotatable bonds is 2. The van der Waals surface area contributed by atoms with Crippen LogP contribution in [0.25, 0.3) is 0 Å². The maximum absolute atomic E-state index is 9.15. The molecule has 0 heterocycles. The van der Waals surface area contributed by atoms with Gasteiger partial charge in [-0.3, -0.25) is 0 Å². The van der Waals surface area contributed by atoms with Gasteiger partial charge in [0.05, 0.1) is 17.1 Å². The van der Waals surface area contributed by atoms with E-state index in [0.29, 0.717) is 4.47 Å².